The lowest BCUT2D eigenvalue weighted by Crippen LogP contribution is -2.53. The number of nitrogens with zero attached hydrogens (tertiary/aromatic N) is 2. The van der Waals surface area contributed by atoms with Crippen molar-refractivity contribution in [2.75, 3.05) is 31.6 Å². The zero-order chi connectivity index (χ0) is 32.4. The van der Waals surface area contributed by atoms with E-state index in [1.54, 1.807) is 43.3 Å². The predicted molar refractivity (Wildman–Crippen MR) is 170 cm³/mol. The Morgan fingerprint density at radius 1 is 0.844 bits per heavy atom. The molecule has 0 spiro atoms. The van der Waals surface area contributed by atoms with Crippen LogP contribution in [0.15, 0.2) is 108 Å². The average Bonchev–Trinajstić information content (AvgIpc) is 3.06. The number of benzene rings is 4. The fourth-order valence-corrected chi connectivity index (χ4v) is 6.31. The molecule has 0 heterocycles. The van der Waals surface area contributed by atoms with E-state index in [1.807, 2.05) is 30.3 Å². The normalized spacial score (nSPS) is 11.7. The number of likely N-dealkylation sites (N-methyl/N-ethyl adjacent to an activating group) is 1. The van der Waals surface area contributed by atoms with Crippen molar-refractivity contribution in [1.29, 1.82) is 0 Å². The summed E-state index contributed by atoms with van der Waals surface area (Å²) in [5.74, 6) is -1.17. The van der Waals surface area contributed by atoms with E-state index in [-0.39, 0.29) is 34.9 Å². The van der Waals surface area contributed by atoms with Gasteiger partial charge < -0.3 is 19.7 Å². The molecule has 11 heteroatoms. The highest BCUT2D eigenvalue weighted by molar-refractivity contribution is 7.92. The van der Waals surface area contributed by atoms with Gasteiger partial charge in [0.1, 0.15) is 18.4 Å². The molecule has 236 valence electrons. The number of hydrogen-bond acceptors (Lipinski definition) is 6. The van der Waals surface area contributed by atoms with Crippen molar-refractivity contribution >= 4 is 27.5 Å². The van der Waals surface area contributed by atoms with Gasteiger partial charge in [-0.05, 0) is 42.8 Å². The van der Waals surface area contributed by atoms with Crippen LogP contribution >= 0.6 is 0 Å². The molecule has 4 aromatic carbocycles. The quantitative estimate of drug-likeness (QED) is 0.214. The predicted octanol–water partition coefficient (Wildman–Crippen LogP) is 4.81. The number of nitrogens with one attached hydrogen (secondary N) is 1. The van der Waals surface area contributed by atoms with Gasteiger partial charge in [-0.1, -0.05) is 66.7 Å². The van der Waals surface area contributed by atoms with Crippen molar-refractivity contribution < 1.29 is 31.9 Å². The van der Waals surface area contributed by atoms with Crippen LogP contribution in [0, 0.1) is 5.82 Å². The molecule has 4 rings (SSSR count). The van der Waals surface area contributed by atoms with Crippen LogP contribution in [-0.2, 0) is 32.6 Å². The van der Waals surface area contributed by atoms with E-state index in [2.05, 4.69) is 5.32 Å². The number of halogens is 1. The average molecular weight is 634 g/mol. The zero-order valence-corrected chi connectivity index (χ0v) is 26.2. The first kappa shape index (κ1) is 33.0. The minimum absolute atomic E-state index is 0.126. The molecule has 1 N–H and O–H groups in total. The smallest absolute Gasteiger partial charge is 0.264 e. The molecule has 45 heavy (non-hydrogen) atoms. The summed E-state index contributed by atoms with van der Waals surface area (Å²) >= 11 is 0. The number of amides is 2. The van der Waals surface area contributed by atoms with E-state index >= 15 is 0 Å². The highest BCUT2D eigenvalue weighted by Gasteiger charge is 2.35. The van der Waals surface area contributed by atoms with Gasteiger partial charge in [-0.25, -0.2) is 12.8 Å². The third kappa shape index (κ3) is 7.98. The second-order valence-electron chi connectivity index (χ2n) is 10.1. The number of rotatable bonds is 14. The highest BCUT2D eigenvalue weighted by Crippen LogP contribution is 2.32. The van der Waals surface area contributed by atoms with Gasteiger partial charge in [0, 0.05) is 31.1 Å². The Bertz CT molecular complexity index is 1700. The standard InChI is InChI=1S/C34H36FN3O6S/c1-4-36-34(40)30(21-25-13-7-5-8-14-25)37(23-26-15-11-12-18-29(26)35)33(39)24-38(27-16-9-6-10-17-27)45(41,42)28-19-20-31(43-2)32(22-28)44-3/h5-20,22,30H,4,21,23-24H2,1-3H3,(H,36,40). The van der Waals surface area contributed by atoms with E-state index in [0.29, 0.717) is 12.3 Å². The van der Waals surface area contributed by atoms with Gasteiger partial charge in [0.05, 0.1) is 24.8 Å². The summed E-state index contributed by atoms with van der Waals surface area (Å²) in [6, 6.07) is 26.3. The van der Waals surface area contributed by atoms with Crippen LogP contribution in [-0.4, -0.2) is 58.5 Å². The van der Waals surface area contributed by atoms with Crippen LogP contribution in [0.5, 0.6) is 11.5 Å². The molecule has 0 saturated heterocycles. The van der Waals surface area contributed by atoms with E-state index in [4.69, 9.17) is 9.47 Å². The summed E-state index contributed by atoms with van der Waals surface area (Å²) in [5.41, 5.74) is 1.18. The van der Waals surface area contributed by atoms with Crippen molar-refractivity contribution in [2.45, 2.75) is 30.8 Å². The molecule has 0 bridgehead atoms. The number of sulfonamides is 1. The van der Waals surface area contributed by atoms with Crippen molar-refractivity contribution in [3.63, 3.8) is 0 Å². The molecule has 0 saturated carbocycles. The summed E-state index contributed by atoms with van der Waals surface area (Å²) in [7, 11) is -1.53. The first-order valence-corrected chi connectivity index (χ1v) is 15.8. The van der Waals surface area contributed by atoms with Gasteiger partial charge >= 0.3 is 0 Å². The van der Waals surface area contributed by atoms with Gasteiger partial charge in [-0.15, -0.1) is 0 Å². The van der Waals surface area contributed by atoms with Crippen LogP contribution in [0.1, 0.15) is 18.1 Å². The maximum absolute atomic E-state index is 15.0. The number of carbonyl (C=O) groups excluding carboxylic acids is 2. The van der Waals surface area contributed by atoms with Crippen molar-refractivity contribution in [3.8, 4) is 11.5 Å². The first-order valence-electron chi connectivity index (χ1n) is 14.3. The van der Waals surface area contributed by atoms with Gasteiger partial charge in [-0.3, -0.25) is 13.9 Å². The third-order valence-corrected chi connectivity index (χ3v) is 8.96. The lowest BCUT2D eigenvalue weighted by Gasteiger charge is -2.34. The molecule has 2 amide bonds. The number of ether oxygens (including phenoxy) is 2. The molecule has 0 aromatic heterocycles. The van der Waals surface area contributed by atoms with Crippen LogP contribution in [0.2, 0.25) is 0 Å². The number of anilines is 1. The highest BCUT2D eigenvalue weighted by atomic mass is 32.2. The van der Waals surface area contributed by atoms with E-state index < -0.39 is 40.2 Å². The van der Waals surface area contributed by atoms with Crippen molar-refractivity contribution in [2.24, 2.45) is 0 Å². The van der Waals surface area contributed by atoms with Crippen molar-refractivity contribution in [3.05, 3.63) is 120 Å². The minimum atomic E-state index is -4.36. The maximum atomic E-state index is 15.0. The van der Waals surface area contributed by atoms with Gasteiger partial charge in [0.25, 0.3) is 10.0 Å². The molecule has 9 nitrogen and oxygen atoms in total. The van der Waals surface area contributed by atoms with E-state index in [9.17, 15) is 22.4 Å². The maximum Gasteiger partial charge on any atom is 0.264 e. The Labute approximate surface area is 263 Å². The molecular weight excluding hydrogens is 597 g/mol. The molecule has 4 aromatic rings. The van der Waals surface area contributed by atoms with Gasteiger partial charge in [-0.2, -0.15) is 0 Å². The minimum Gasteiger partial charge on any atom is -0.493 e. The monoisotopic (exact) mass is 633 g/mol. The second-order valence-corrected chi connectivity index (χ2v) is 11.9. The van der Waals surface area contributed by atoms with Crippen LogP contribution in [0.25, 0.3) is 0 Å². The van der Waals surface area contributed by atoms with Crippen molar-refractivity contribution in [1.82, 2.24) is 10.2 Å². The molecule has 0 aliphatic rings. The number of para-hydroxylation sites is 1. The zero-order valence-electron chi connectivity index (χ0n) is 25.4. The summed E-state index contributed by atoms with van der Waals surface area (Å²) in [4.78, 5) is 29.0. The summed E-state index contributed by atoms with van der Waals surface area (Å²) < 4.78 is 54.9. The molecule has 0 aliphatic carbocycles. The second kappa shape index (κ2) is 15.2. The van der Waals surface area contributed by atoms with E-state index in [0.717, 1.165) is 9.87 Å². The van der Waals surface area contributed by atoms with Gasteiger partial charge in [0.2, 0.25) is 11.8 Å². The number of methoxy groups -OCH3 is 2. The molecule has 0 fully saturated rings. The number of hydrogen-bond donors (Lipinski definition) is 1. The number of carbonyl (C=O) groups is 2. The van der Waals surface area contributed by atoms with Crippen LogP contribution in [0.3, 0.4) is 0 Å². The SMILES string of the molecule is CCNC(=O)C(Cc1ccccc1)N(Cc1ccccc1F)C(=O)CN(c1ccccc1)S(=O)(=O)c1ccc(OC)c(OC)c1. The van der Waals surface area contributed by atoms with Crippen LogP contribution < -0.4 is 19.1 Å². The third-order valence-electron chi connectivity index (χ3n) is 7.19. The fraction of sp³-hybridized carbons (Fsp3) is 0.235. The summed E-state index contributed by atoms with van der Waals surface area (Å²) in [6.07, 6.45) is 0.126. The lowest BCUT2D eigenvalue weighted by molar-refractivity contribution is -0.140. The Balaban J connectivity index is 1.81. The molecular formula is C34H36FN3O6S. The topological polar surface area (TPSA) is 105 Å². The molecule has 1 atom stereocenters. The summed E-state index contributed by atoms with van der Waals surface area (Å²) in [5, 5.41) is 2.78. The van der Waals surface area contributed by atoms with Gasteiger partial charge in [0.15, 0.2) is 11.5 Å². The first-order chi connectivity index (χ1) is 21.7. The Morgan fingerprint density at radius 3 is 2.09 bits per heavy atom. The lowest BCUT2D eigenvalue weighted by atomic mass is 10.0. The molecule has 0 radical (unpaired) electrons. The fourth-order valence-electron chi connectivity index (χ4n) is 4.88. The Morgan fingerprint density at radius 2 is 1.47 bits per heavy atom. The molecule has 1 unspecified atom stereocenters. The summed E-state index contributed by atoms with van der Waals surface area (Å²) in [6.45, 7) is 1.13. The molecule has 0 aliphatic heterocycles. The van der Waals surface area contributed by atoms with E-state index in [1.165, 1.54) is 55.5 Å². The Kier molecular flexibility index (Phi) is 11.2. The Hall–Kier alpha value is -4.90. The van der Waals surface area contributed by atoms with Crippen LogP contribution in [0.4, 0.5) is 10.1 Å². The largest absolute Gasteiger partial charge is 0.493 e.